The zero-order valence-electron chi connectivity index (χ0n) is 23.3. The molecule has 3 heterocycles. The Morgan fingerprint density at radius 1 is 1.34 bits per heavy atom. The van der Waals surface area contributed by atoms with Gasteiger partial charge in [-0.2, -0.15) is 0 Å². The topological polar surface area (TPSA) is 100 Å². The molecule has 1 aliphatic heterocycles. The molecule has 4 rings (SSSR count). The average molecular weight is 405 g/mol. The normalized spacial score (nSPS) is 28.2. The van der Waals surface area contributed by atoms with Crippen molar-refractivity contribution < 1.29 is 22.9 Å². The van der Waals surface area contributed by atoms with Crippen molar-refractivity contribution in [2.45, 2.75) is 57.3 Å². The number of amides is 1. The second kappa shape index (κ2) is 7.68. The number of anilines is 2. The first-order chi connectivity index (χ1) is 16.7. The molecule has 0 aromatic carbocycles. The number of hydrogen-bond acceptors (Lipinski definition) is 7. The number of aliphatic hydroxyl groups is 1. The predicted octanol–water partition coefficient (Wildman–Crippen LogP) is 2.48. The Hall–Kier alpha value is -2.58. The fourth-order valence-corrected chi connectivity index (χ4v) is 3.66. The van der Waals surface area contributed by atoms with E-state index in [9.17, 15) is 4.79 Å². The van der Waals surface area contributed by atoms with Crippen LogP contribution < -0.4 is 10.2 Å². The van der Waals surface area contributed by atoms with Crippen LogP contribution in [-0.2, 0) is 15.1 Å². The summed E-state index contributed by atoms with van der Waals surface area (Å²) in [4.78, 5) is 27.7. The van der Waals surface area contributed by atoms with Crippen molar-refractivity contribution in [2.24, 2.45) is 0 Å². The first-order valence-corrected chi connectivity index (χ1v) is 9.53. The van der Waals surface area contributed by atoms with Gasteiger partial charge in [0.2, 0.25) is 7.34 Å². The fourth-order valence-electron chi connectivity index (χ4n) is 3.66. The highest BCUT2D eigenvalue weighted by molar-refractivity contribution is 6.01. The van der Waals surface area contributed by atoms with Crippen molar-refractivity contribution >= 4 is 17.5 Å². The van der Waals surface area contributed by atoms with Crippen LogP contribution in [-0.4, -0.2) is 53.1 Å². The lowest BCUT2D eigenvalue weighted by molar-refractivity contribution is -0.118. The number of aromatic nitrogens is 3. The lowest BCUT2D eigenvalue weighted by Gasteiger charge is -2.38. The number of methoxy groups -OCH3 is 1. The second-order valence-corrected chi connectivity index (χ2v) is 7.79. The molecule has 1 aliphatic carbocycles. The fraction of sp³-hybridized carbons (Fsp3) is 0.524. The number of carbonyl (C=O) groups is 1. The van der Waals surface area contributed by atoms with Crippen LogP contribution in [0.4, 0.5) is 11.6 Å². The maximum Gasteiger partial charge on any atom is 0.247 e. The summed E-state index contributed by atoms with van der Waals surface area (Å²) in [7, 11) is -2.51. The molecule has 29 heavy (non-hydrogen) atoms. The second-order valence-electron chi connectivity index (χ2n) is 7.79. The highest BCUT2D eigenvalue weighted by Gasteiger charge is 2.35. The van der Waals surface area contributed by atoms with Gasteiger partial charge in [0.1, 0.15) is 5.60 Å². The summed E-state index contributed by atoms with van der Waals surface area (Å²) in [5.41, 5.74) is 0.557. The van der Waals surface area contributed by atoms with E-state index in [0.29, 0.717) is 47.9 Å². The molecule has 2 aromatic heterocycles. The molecule has 1 fully saturated rings. The van der Waals surface area contributed by atoms with E-state index in [0.717, 1.165) is 0 Å². The van der Waals surface area contributed by atoms with Crippen molar-refractivity contribution in [3.8, 4) is 11.3 Å². The highest BCUT2D eigenvalue weighted by Crippen LogP contribution is 2.34. The zero-order valence-corrected chi connectivity index (χ0v) is 16.3. The minimum Gasteiger partial charge on any atom is -0.384 e. The van der Waals surface area contributed by atoms with Gasteiger partial charge in [-0.15, -0.1) is 0 Å². The average Bonchev–Trinajstić information content (AvgIpc) is 2.83. The van der Waals surface area contributed by atoms with Gasteiger partial charge in [0.15, 0.2) is 13.0 Å². The molecule has 1 amide bonds. The molecule has 0 radical (unpaired) electrons. The molecular formula is C21H27N5O3. The Morgan fingerprint density at radius 3 is 2.86 bits per heavy atom. The van der Waals surface area contributed by atoms with E-state index in [1.165, 1.54) is 17.3 Å². The van der Waals surface area contributed by atoms with E-state index in [-0.39, 0.29) is 11.6 Å². The Kier molecular flexibility index (Phi) is 3.41. The van der Waals surface area contributed by atoms with Gasteiger partial charge in [-0.1, -0.05) is 0 Å². The number of fused-ring (bicyclic) bond motifs is 1. The van der Waals surface area contributed by atoms with E-state index in [4.69, 9.17) is 19.5 Å². The summed E-state index contributed by atoms with van der Waals surface area (Å²) < 4.78 is 58.9. The number of pyridine rings is 1. The Bertz CT molecular complexity index is 1120. The highest BCUT2D eigenvalue weighted by atomic mass is 16.5. The van der Waals surface area contributed by atoms with Gasteiger partial charge in [0.05, 0.1) is 37.0 Å². The van der Waals surface area contributed by atoms with Crippen LogP contribution >= 0.6 is 0 Å². The first-order valence-electron chi connectivity index (χ1n) is 12.9. The maximum atomic E-state index is 13.2. The van der Waals surface area contributed by atoms with E-state index in [2.05, 4.69) is 15.0 Å². The maximum absolute atomic E-state index is 13.2. The third kappa shape index (κ3) is 3.95. The van der Waals surface area contributed by atoms with Gasteiger partial charge < -0.3 is 15.2 Å². The van der Waals surface area contributed by atoms with Crippen LogP contribution in [0.2, 0.25) is 1.41 Å². The molecule has 0 spiro atoms. The number of rotatable bonds is 5. The molecule has 2 aliphatic rings. The molecule has 2 aromatic rings. The summed E-state index contributed by atoms with van der Waals surface area (Å²) >= 11 is 0. The Morgan fingerprint density at radius 2 is 2.17 bits per heavy atom. The molecule has 2 N–H and O–H groups in total. The van der Waals surface area contributed by atoms with Gasteiger partial charge in [0.25, 0.3) is 0 Å². The Balaban J connectivity index is 1.67. The van der Waals surface area contributed by atoms with Crippen molar-refractivity contribution in [3.63, 3.8) is 0 Å². The molecule has 8 heteroatoms. The van der Waals surface area contributed by atoms with Crippen LogP contribution in [0.15, 0.2) is 24.5 Å². The molecule has 0 unspecified atom stereocenters. The minimum absolute atomic E-state index is 0.0571. The number of carbonyl (C=O) groups excluding carboxylic acids is 1. The van der Waals surface area contributed by atoms with Crippen LogP contribution in [0, 0.1) is 0 Å². The summed E-state index contributed by atoms with van der Waals surface area (Å²) in [5.74, 6) is -0.973. The molecule has 0 atom stereocenters. The number of hydrogen-bond donors (Lipinski definition) is 2. The number of ether oxygens (including phenoxy) is 1. The zero-order chi connectivity index (χ0) is 26.5. The van der Waals surface area contributed by atoms with Crippen molar-refractivity contribution in [2.75, 3.05) is 23.7 Å². The molecular weight excluding hydrogens is 370 g/mol. The molecule has 0 saturated heterocycles. The van der Waals surface area contributed by atoms with Gasteiger partial charge in [0, 0.05) is 24.8 Å². The van der Waals surface area contributed by atoms with Crippen LogP contribution in [0.1, 0.15) is 52.1 Å². The molecule has 0 bridgehead atoms. The van der Waals surface area contributed by atoms with Gasteiger partial charge in [-0.3, -0.25) is 14.7 Å². The monoisotopic (exact) mass is 404 g/mol. The Labute approximate surface area is 180 Å². The molecule has 1 saturated carbocycles. The van der Waals surface area contributed by atoms with Gasteiger partial charge in [-0.05, 0) is 51.7 Å². The lowest BCUT2D eigenvalue weighted by Crippen LogP contribution is -2.49. The standard InChI is InChI=1S/C21H27N5O3/c1-21(2,28)17-9-4-13(10-22-17)16-11-23-19-20(25-16)26(18(27)12-24-19)14-5-7-15(29-3)8-6-14/h4,9-11,14-15,28H,5-8,12H2,1-3H3,(H,23,24)/i3D3,12D2,28D/hD. The van der Waals surface area contributed by atoms with E-state index in [1.54, 1.807) is 26.0 Å². The molecule has 154 valence electrons. The third-order valence-electron chi connectivity index (χ3n) is 5.29. The van der Waals surface area contributed by atoms with E-state index >= 15 is 0 Å². The largest absolute Gasteiger partial charge is 0.384 e. The first kappa shape index (κ1) is 12.9. The van der Waals surface area contributed by atoms with E-state index in [1.807, 2.05) is 0 Å². The minimum atomic E-state index is -2.65. The number of nitrogens with one attached hydrogen (secondary N) is 1. The number of nitrogens with zero attached hydrogens (tertiary/aromatic N) is 4. The van der Waals surface area contributed by atoms with Gasteiger partial charge >= 0.3 is 0 Å². The van der Waals surface area contributed by atoms with Crippen molar-refractivity contribution in [3.05, 3.63) is 30.2 Å². The summed E-state index contributed by atoms with van der Waals surface area (Å²) in [5, 5.41) is 5.14. The third-order valence-corrected chi connectivity index (χ3v) is 5.29. The van der Waals surface area contributed by atoms with Crippen LogP contribution in [0.5, 0.6) is 0 Å². The summed E-state index contributed by atoms with van der Waals surface area (Å²) in [6, 6.07) is 2.95. The van der Waals surface area contributed by atoms with Gasteiger partial charge in [-0.25, -0.2) is 9.97 Å². The van der Waals surface area contributed by atoms with Crippen LogP contribution in [0.25, 0.3) is 11.3 Å². The quantitative estimate of drug-likeness (QED) is 0.789. The lowest BCUT2D eigenvalue weighted by atomic mass is 9.91. The predicted molar refractivity (Wildman–Crippen MR) is 110 cm³/mol. The summed E-state index contributed by atoms with van der Waals surface area (Å²) in [6.45, 7) is 0.762. The molecule has 8 nitrogen and oxygen atoms in total. The van der Waals surface area contributed by atoms with Crippen molar-refractivity contribution in [1.82, 2.24) is 15.0 Å². The SMILES string of the molecule is [2H]OC(C)(C)c1ccc(-c2cnc3c(n2)N(C2CCC(OC([2H])([2H])[2H])CC2)C(=O)C([2H])([2H])N3[2H])cn1. The van der Waals surface area contributed by atoms with Crippen LogP contribution in [0.3, 0.4) is 0 Å². The van der Waals surface area contributed by atoms with Crippen molar-refractivity contribution in [1.29, 1.82) is 1.43 Å². The van der Waals surface area contributed by atoms with E-state index < -0.39 is 37.2 Å². The smallest absolute Gasteiger partial charge is 0.247 e. The summed E-state index contributed by atoms with van der Waals surface area (Å²) in [6.07, 6.45) is 3.95.